The van der Waals surface area contributed by atoms with E-state index in [0.29, 0.717) is 28.8 Å². The first kappa shape index (κ1) is 23.5. The molecule has 0 radical (unpaired) electrons. The van der Waals surface area contributed by atoms with Gasteiger partial charge < -0.3 is 11.1 Å². The number of hydrogen-bond donors (Lipinski definition) is 2. The van der Waals surface area contributed by atoms with Crippen molar-refractivity contribution in [3.63, 3.8) is 0 Å². The van der Waals surface area contributed by atoms with Gasteiger partial charge in [-0.3, -0.25) is 9.59 Å². The van der Waals surface area contributed by atoms with E-state index in [0.717, 1.165) is 36.4 Å². The zero-order chi connectivity index (χ0) is 23.7. The number of primary amides is 1. The maximum absolute atomic E-state index is 13.5. The Kier molecular flexibility index (Phi) is 5.46. The van der Waals surface area contributed by atoms with Crippen LogP contribution in [-0.2, 0) is 19.6 Å². The van der Waals surface area contributed by atoms with Crippen molar-refractivity contribution in [3.8, 4) is 0 Å². The third-order valence-electron chi connectivity index (χ3n) is 8.16. The van der Waals surface area contributed by atoms with Gasteiger partial charge in [0.1, 0.15) is 5.54 Å². The summed E-state index contributed by atoms with van der Waals surface area (Å²) in [7, 11) is -2.56. The zero-order valence-electron chi connectivity index (χ0n) is 19.1. The monoisotopic (exact) mass is 481 g/mol. The number of likely N-dealkylation sites (N-methyl/N-ethyl adjacent to an activating group) is 1. The lowest BCUT2D eigenvalue weighted by molar-refractivity contribution is -0.152. The van der Waals surface area contributed by atoms with Gasteiger partial charge in [0.2, 0.25) is 21.8 Å². The molecule has 4 bridgehead atoms. The van der Waals surface area contributed by atoms with Gasteiger partial charge in [0, 0.05) is 17.6 Å². The number of nitrogens with zero attached hydrogens (tertiary/aromatic N) is 1. The molecular weight excluding hydrogens is 450 g/mol. The number of rotatable bonds is 6. The van der Waals surface area contributed by atoms with E-state index in [1.54, 1.807) is 32.9 Å². The summed E-state index contributed by atoms with van der Waals surface area (Å²) in [6.45, 7) is 4.85. The molecule has 7 nitrogen and oxygen atoms in total. The standard InChI is InChI=1S/C23H32ClN3O4S/c1-14-17(24)6-5-7-18(14)32(30,31)27(4)21(2,3)20(29)26-23-11-15-8-16(12-23)10-22(9-15,13-23)19(25)28/h5-7,15-16H,8-13H2,1-4H3,(H2,25,28)(H,26,29). The molecule has 2 atom stereocenters. The third kappa shape index (κ3) is 3.55. The lowest BCUT2D eigenvalue weighted by Crippen LogP contribution is -2.68. The van der Waals surface area contributed by atoms with Crippen molar-refractivity contribution in [2.24, 2.45) is 23.0 Å². The lowest BCUT2D eigenvalue weighted by Gasteiger charge is -2.61. The Morgan fingerprint density at radius 3 is 2.34 bits per heavy atom. The van der Waals surface area contributed by atoms with Crippen LogP contribution in [0.2, 0.25) is 5.02 Å². The Bertz CT molecular complexity index is 1070. The van der Waals surface area contributed by atoms with Crippen LogP contribution in [0.25, 0.3) is 0 Å². The second-order valence-corrected chi connectivity index (χ2v) is 13.1. The summed E-state index contributed by atoms with van der Waals surface area (Å²) >= 11 is 6.14. The van der Waals surface area contributed by atoms with Gasteiger partial charge in [0.05, 0.1) is 10.3 Å². The van der Waals surface area contributed by atoms with E-state index in [4.69, 9.17) is 17.3 Å². The number of halogens is 1. The Morgan fingerprint density at radius 2 is 1.78 bits per heavy atom. The molecule has 4 fully saturated rings. The molecule has 9 heteroatoms. The molecule has 0 heterocycles. The summed E-state index contributed by atoms with van der Waals surface area (Å²) in [6.07, 6.45) is 4.81. The second-order valence-electron chi connectivity index (χ2n) is 10.7. The quantitative estimate of drug-likeness (QED) is 0.650. The number of carbonyl (C=O) groups excluding carboxylic acids is 2. The normalized spacial score (nSPS) is 31.7. The molecule has 4 aliphatic carbocycles. The molecule has 3 N–H and O–H groups in total. The van der Waals surface area contributed by atoms with Crippen LogP contribution in [0.3, 0.4) is 0 Å². The van der Waals surface area contributed by atoms with Gasteiger partial charge in [-0.25, -0.2) is 8.42 Å². The second kappa shape index (κ2) is 7.43. The molecule has 0 aliphatic heterocycles. The fourth-order valence-electron chi connectivity index (χ4n) is 6.55. The highest BCUT2D eigenvalue weighted by Crippen LogP contribution is 2.61. The summed E-state index contributed by atoms with van der Waals surface area (Å²) < 4.78 is 27.9. The highest BCUT2D eigenvalue weighted by Gasteiger charge is 2.61. The molecule has 4 saturated carbocycles. The molecule has 2 unspecified atom stereocenters. The molecule has 1 aromatic rings. The number of benzene rings is 1. The minimum absolute atomic E-state index is 0.0795. The van der Waals surface area contributed by atoms with Crippen molar-refractivity contribution < 1.29 is 18.0 Å². The summed E-state index contributed by atoms with van der Waals surface area (Å²) in [5.74, 6) is 0.0795. The van der Waals surface area contributed by atoms with Crippen LogP contribution in [-0.4, -0.2) is 42.7 Å². The average molecular weight is 482 g/mol. The molecule has 0 saturated heterocycles. The molecule has 4 aliphatic rings. The van der Waals surface area contributed by atoms with Gasteiger partial charge in [-0.15, -0.1) is 0 Å². The van der Waals surface area contributed by atoms with E-state index in [1.165, 1.54) is 13.1 Å². The lowest BCUT2D eigenvalue weighted by atomic mass is 9.46. The summed E-state index contributed by atoms with van der Waals surface area (Å²) in [5.41, 5.74) is 3.84. The fourth-order valence-corrected chi connectivity index (χ4v) is 8.51. The number of sulfonamides is 1. The van der Waals surface area contributed by atoms with Crippen molar-refractivity contribution in [1.29, 1.82) is 0 Å². The fraction of sp³-hybridized carbons (Fsp3) is 0.652. The average Bonchev–Trinajstić information content (AvgIpc) is 2.67. The maximum atomic E-state index is 13.5. The summed E-state index contributed by atoms with van der Waals surface area (Å²) in [4.78, 5) is 26.0. The van der Waals surface area contributed by atoms with E-state index < -0.39 is 26.5 Å². The van der Waals surface area contributed by atoms with Crippen molar-refractivity contribution in [2.75, 3.05) is 7.05 Å². The molecule has 32 heavy (non-hydrogen) atoms. The van der Waals surface area contributed by atoms with Crippen LogP contribution < -0.4 is 11.1 Å². The minimum atomic E-state index is -3.97. The first-order chi connectivity index (χ1) is 14.7. The summed E-state index contributed by atoms with van der Waals surface area (Å²) in [5, 5.41) is 3.55. The van der Waals surface area contributed by atoms with Crippen molar-refractivity contribution >= 4 is 33.4 Å². The number of hydrogen-bond acceptors (Lipinski definition) is 4. The molecule has 176 valence electrons. The SMILES string of the molecule is Cc1c(Cl)cccc1S(=O)(=O)N(C)C(C)(C)C(=O)NC12CC3CC(C1)CC(C(N)=O)(C3)C2. The highest BCUT2D eigenvalue weighted by molar-refractivity contribution is 7.89. The van der Waals surface area contributed by atoms with Crippen LogP contribution in [0.15, 0.2) is 23.1 Å². The van der Waals surface area contributed by atoms with Gasteiger partial charge in [-0.05, 0) is 88.8 Å². The first-order valence-electron chi connectivity index (χ1n) is 11.1. The van der Waals surface area contributed by atoms with Crippen molar-refractivity contribution in [3.05, 3.63) is 28.8 Å². The van der Waals surface area contributed by atoms with Gasteiger partial charge >= 0.3 is 0 Å². The van der Waals surface area contributed by atoms with Gasteiger partial charge in [0.15, 0.2) is 0 Å². The first-order valence-corrected chi connectivity index (χ1v) is 12.9. The Balaban J connectivity index is 1.60. The summed E-state index contributed by atoms with van der Waals surface area (Å²) in [6, 6.07) is 4.72. The highest BCUT2D eigenvalue weighted by atomic mass is 35.5. The molecule has 2 amide bonds. The van der Waals surface area contributed by atoms with E-state index in [2.05, 4.69) is 5.32 Å². The molecule has 0 spiro atoms. The third-order valence-corrected chi connectivity index (χ3v) is 10.7. The van der Waals surface area contributed by atoms with E-state index in [-0.39, 0.29) is 16.7 Å². The van der Waals surface area contributed by atoms with Crippen molar-refractivity contribution in [2.45, 2.75) is 75.3 Å². The molecule has 1 aromatic carbocycles. The zero-order valence-corrected chi connectivity index (χ0v) is 20.6. The molecule has 5 rings (SSSR count). The maximum Gasteiger partial charge on any atom is 0.244 e. The van der Waals surface area contributed by atoms with Gasteiger partial charge in [-0.1, -0.05) is 17.7 Å². The predicted molar refractivity (Wildman–Crippen MR) is 122 cm³/mol. The van der Waals surface area contributed by atoms with E-state index in [9.17, 15) is 18.0 Å². The number of amides is 2. The van der Waals surface area contributed by atoms with Gasteiger partial charge in [0.25, 0.3) is 0 Å². The Labute approximate surface area is 195 Å². The Hall–Kier alpha value is -1.64. The minimum Gasteiger partial charge on any atom is -0.369 e. The Morgan fingerprint density at radius 1 is 1.19 bits per heavy atom. The van der Waals surface area contributed by atoms with E-state index >= 15 is 0 Å². The molecular formula is C23H32ClN3O4S. The van der Waals surface area contributed by atoms with Crippen LogP contribution >= 0.6 is 11.6 Å². The smallest absolute Gasteiger partial charge is 0.244 e. The van der Waals surface area contributed by atoms with Crippen LogP contribution in [0.1, 0.15) is 57.9 Å². The van der Waals surface area contributed by atoms with Crippen LogP contribution in [0, 0.1) is 24.2 Å². The van der Waals surface area contributed by atoms with Crippen molar-refractivity contribution in [1.82, 2.24) is 9.62 Å². The number of nitrogens with one attached hydrogen (secondary N) is 1. The van der Waals surface area contributed by atoms with Crippen LogP contribution in [0.4, 0.5) is 0 Å². The molecule has 0 aromatic heterocycles. The van der Waals surface area contributed by atoms with Crippen LogP contribution in [0.5, 0.6) is 0 Å². The van der Waals surface area contributed by atoms with E-state index in [1.807, 2.05) is 0 Å². The van der Waals surface area contributed by atoms with Gasteiger partial charge in [-0.2, -0.15) is 4.31 Å². The largest absolute Gasteiger partial charge is 0.369 e. The number of carbonyl (C=O) groups is 2. The number of nitrogens with two attached hydrogens (primary N) is 1. The predicted octanol–water partition coefficient (Wildman–Crippen LogP) is 2.99. The topological polar surface area (TPSA) is 110 Å².